The smallest absolute Gasteiger partial charge is 0.312 e. The molecule has 1 radical (unpaired) electrons. The average Bonchev–Trinajstić information content (AvgIpc) is 2.23. The molecule has 0 unspecified atom stereocenters. The summed E-state index contributed by atoms with van der Waals surface area (Å²) in [6, 6.07) is 2.60. The van der Waals surface area contributed by atoms with Crippen LogP contribution in [0.4, 0.5) is 4.79 Å². The van der Waals surface area contributed by atoms with Gasteiger partial charge in [-0.05, 0) is 30.5 Å². The standard InChI is InChI=1S/C10H14N3O3S/c1-17(15,16)9-7-8(4-6-12-9)3-2-5-13-10(11)14/h3-4,6-7H,2,5H2,1H3,(H3,11,13,14). The van der Waals surface area contributed by atoms with E-state index in [1.165, 1.54) is 12.3 Å². The van der Waals surface area contributed by atoms with Crippen LogP contribution in [0.15, 0.2) is 23.4 Å². The molecule has 0 spiro atoms. The van der Waals surface area contributed by atoms with Crippen molar-refractivity contribution in [2.24, 2.45) is 5.73 Å². The average molecular weight is 256 g/mol. The highest BCUT2D eigenvalue weighted by molar-refractivity contribution is 7.90. The van der Waals surface area contributed by atoms with Crippen molar-refractivity contribution in [3.8, 4) is 0 Å². The van der Waals surface area contributed by atoms with Crippen LogP contribution in [0.1, 0.15) is 12.0 Å². The Bertz CT molecular complexity index is 499. The maximum Gasteiger partial charge on any atom is 0.312 e. The number of amides is 2. The van der Waals surface area contributed by atoms with E-state index < -0.39 is 15.9 Å². The molecule has 93 valence electrons. The Labute approximate surface area is 100 Å². The van der Waals surface area contributed by atoms with E-state index in [-0.39, 0.29) is 5.03 Å². The zero-order chi connectivity index (χ0) is 12.9. The SMILES string of the molecule is CS(=O)(=O)c1cc([CH]CCNC(N)=O)ccn1. The minimum atomic E-state index is -3.29. The first-order chi connectivity index (χ1) is 7.89. The van der Waals surface area contributed by atoms with Gasteiger partial charge in [-0.25, -0.2) is 18.2 Å². The fraction of sp³-hybridized carbons (Fsp3) is 0.300. The van der Waals surface area contributed by atoms with Crippen LogP contribution in [-0.2, 0) is 9.84 Å². The zero-order valence-electron chi connectivity index (χ0n) is 9.38. The quantitative estimate of drug-likeness (QED) is 0.729. The Morgan fingerprint density at radius 3 is 2.88 bits per heavy atom. The molecule has 0 bridgehead atoms. The van der Waals surface area contributed by atoms with Crippen molar-refractivity contribution < 1.29 is 13.2 Å². The van der Waals surface area contributed by atoms with E-state index in [0.717, 1.165) is 11.8 Å². The van der Waals surface area contributed by atoms with Gasteiger partial charge >= 0.3 is 6.03 Å². The molecule has 0 aromatic carbocycles. The summed E-state index contributed by atoms with van der Waals surface area (Å²) >= 11 is 0. The summed E-state index contributed by atoms with van der Waals surface area (Å²) in [5.74, 6) is 0. The number of urea groups is 1. The molecule has 1 heterocycles. The second kappa shape index (κ2) is 5.62. The summed E-state index contributed by atoms with van der Waals surface area (Å²) in [5, 5.41) is 2.47. The van der Waals surface area contributed by atoms with Gasteiger partial charge < -0.3 is 11.1 Å². The molecule has 0 fully saturated rings. The number of sulfone groups is 1. The molecule has 0 saturated carbocycles. The molecular formula is C10H14N3O3S. The number of carbonyl (C=O) groups excluding carboxylic acids is 1. The van der Waals surface area contributed by atoms with Crippen molar-refractivity contribution in [1.82, 2.24) is 10.3 Å². The Morgan fingerprint density at radius 2 is 2.29 bits per heavy atom. The van der Waals surface area contributed by atoms with Crippen LogP contribution in [0.25, 0.3) is 0 Å². The van der Waals surface area contributed by atoms with E-state index >= 15 is 0 Å². The molecule has 0 aliphatic rings. The molecule has 3 N–H and O–H groups in total. The molecule has 2 amide bonds. The predicted molar refractivity (Wildman–Crippen MR) is 63.0 cm³/mol. The molecule has 1 aromatic rings. The number of nitrogens with two attached hydrogens (primary N) is 1. The second-order valence-electron chi connectivity index (χ2n) is 3.48. The third-order valence-electron chi connectivity index (χ3n) is 1.96. The van der Waals surface area contributed by atoms with Gasteiger partial charge in [-0.2, -0.15) is 0 Å². The molecule has 0 saturated heterocycles. The van der Waals surface area contributed by atoms with Crippen LogP contribution < -0.4 is 11.1 Å². The number of pyridine rings is 1. The van der Waals surface area contributed by atoms with Crippen molar-refractivity contribution in [2.45, 2.75) is 11.4 Å². The largest absolute Gasteiger partial charge is 0.352 e. The van der Waals surface area contributed by atoms with Crippen LogP contribution in [-0.4, -0.2) is 32.2 Å². The van der Waals surface area contributed by atoms with Gasteiger partial charge in [-0.3, -0.25) is 0 Å². The van der Waals surface area contributed by atoms with E-state index in [2.05, 4.69) is 10.3 Å². The Balaban J connectivity index is 2.58. The van der Waals surface area contributed by atoms with Gasteiger partial charge in [0, 0.05) is 19.0 Å². The minimum absolute atomic E-state index is 0.0362. The Kier molecular flexibility index (Phi) is 4.45. The fourth-order valence-corrected chi connectivity index (χ4v) is 1.79. The van der Waals surface area contributed by atoms with E-state index in [0.29, 0.717) is 13.0 Å². The maximum absolute atomic E-state index is 11.3. The number of nitrogens with one attached hydrogen (secondary N) is 1. The monoisotopic (exact) mass is 256 g/mol. The van der Waals surface area contributed by atoms with Crippen molar-refractivity contribution in [3.63, 3.8) is 0 Å². The summed E-state index contributed by atoms with van der Waals surface area (Å²) in [7, 11) is -3.29. The lowest BCUT2D eigenvalue weighted by Gasteiger charge is -2.03. The summed E-state index contributed by atoms with van der Waals surface area (Å²) in [5.41, 5.74) is 5.64. The molecular weight excluding hydrogens is 242 g/mol. The zero-order valence-corrected chi connectivity index (χ0v) is 10.2. The number of primary amides is 1. The summed E-state index contributed by atoms with van der Waals surface area (Å²) in [6.07, 6.45) is 4.90. The molecule has 0 aliphatic heterocycles. The van der Waals surface area contributed by atoms with Gasteiger partial charge in [0.05, 0.1) is 0 Å². The van der Waals surface area contributed by atoms with Gasteiger partial charge in [-0.1, -0.05) is 0 Å². The lowest BCUT2D eigenvalue weighted by Crippen LogP contribution is -2.30. The highest BCUT2D eigenvalue weighted by atomic mass is 32.2. The lowest BCUT2D eigenvalue weighted by atomic mass is 10.1. The highest BCUT2D eigenvalue weighted by Gasteiger charge is 2.08. The van der Waals surface area contributed by atoms with E-state index in [4.69, 9.17) is 5.73 Å². The van der Waals surface area contributed by atoms with E-state index in [1.807, 2.05) is 0 Å². The molecule has 6 nitrogen and oxygen atoms in total. The number of nitrogens with zero attached hydrogens (tertiary/aromatic N) is 1. The van der Waals surface area contributed by atoms with Crippen molar-refractivity contribution in [1.29, 1.82) is 0 Å². The van der Waals surface area contributed by atoms with Crippen LogP contribution in [0, 0.1) is 6.42 Å². The minimum Gasteiger partial charge on any atom is -0.352 e. The first-order valence-electron chi connectivity index (χ1n) is 4.92. The maximum atomic E-state index is 11.3. The highest BCUT2D eigenvalue weighted by Crippen LogP contribution is 2.10. The Hall–Kier alpha value is -1.63. The number of rotatable bonds is 5. The number of hydrogen-bond donors (Lipinski definition) is 2. The molecule has 0 atom stereocenters. The van der Waals surface area contributed by atoms with Gasteiger partial charge in [-0.15, -0.1) is 0 Å². The third kappa shape index (κ3) is 4.81. The van der Waals surface area contributed by atoms with Crippen molar-refractivity contribution >= 4 is 15.9 Å². The van der Waals surface area contributed by atoms with Crippen LogP contribution >= 0.6 is 0 Å². The van der Waals surface area contributed by atoms with Crippen LogP contribution in [0.2, 0.25) is 0 Å². The molecule has 1 aromatic heterocycles. The van der Waals surface area contributed by atoms with Crippen molar-refractivity contribution in [2.75, 3.05) is 12.8 Å². The van der Waals surface area contributed by atoms with Crippen LogP contribution in [0.3, 0.4) is 0 Å². The number of aromatic nitrogens is 1. The Morgan fingerprint density at radius 1 is 1.59 bits per heavy atom. The van der Waals surface area contributed by atoms with Gasteiger partial charge in [0.1, 0.15) is 0 Å². The molecule has 0 aliphatic carbocycles. The van der Waals surface area contributed by atoms with Gasteiger partial charge in [0.25, 0.3) is 0 Å². The topological polar surface area (TPSA) is 102 Å². The van der Waals surface area contributed by atoms with Crippen molar-refractivity contribution in [3.05, 3.63) is 30.3 Å². The lowest BCUT2D eigenvalue weighted by molar-refractivity contribution is 0.249. The first-order valence-corrected chi connectivity index (χ1v) is 6.81. The molecule has 1 rings (SSSR count). The third-order valence-corrected chi connectivity index (χ3v) is 2.95. The number of carbonyl (C=O) groups is 1. The van der Waals surface area contributed by atoms with E-state index in [9.17, 15) is 13.2 Å². The summed E-state index contributed by atoms with van der Waals surface area (Å²) in [6.45, 7) is 0.409. The second-order valence-corrected chi connectivity index (χ2v) is 5.45. The van der Waals surface area contributed by atoms with Gasteiger partial charge in [0.2, 0.25) is 0 Å². The van der Waals surface area contributed by atoms with Gasteiger partial charge in [0.15, 0.2) is 14.9 Å². The van der Waals surface area contributed by atoms with E-state index in [1.54, 1.807) is 12.5 Å². The van der Waals surface area contributed by atoms with Crippen LogP contribution in [0.5, 0.6) is 0 Å². The predicted octanol–water partition coefficient (Wildman–Crippen LogP) is 0.0959. The molecule has 7 heteroatoms. The molecule has 17 heavy (non-hydrogen) atoms. The summed E-state index contributed by atoms with van der Waals surface area (Å²) in [4.78, 5) is 14.2. The normalized spacial score (nSPS) is 11.1. The fourth-order valence-electron chi connectivity index (χ4n) is 1.19. The number of hydrogen-bond acceptors (Lipinski definition) is 4. The first kappa shape index (κ1) is 13.4. The summed E-state index contributed by atoms with van der Waals surface area (Å²) < 4.78 is 22.5.